The maximum absolute atomic E-state index is 12.7. The molecular weight excluding hydrogens is 352 g/mol. The number of para-hydroxylation sites is 1. The Morgan fingerprint density at radius 3 is 2.31 bits per heavy atom. The summed E-state index contributed by atoms with van der Waals surface area (Å²) in [5.74, 6) is 0.236. The highest BCUT2D eigenvalue weighted by atomic mass is 32.2. The van der Waals surface area contributed by atoms with Crippen molar-refractivity contribution >= 4 is 27.3 Å². The summed E-state index contributed by atoms with van der Waals surface area (Å²) in [7, 11) is -3.66. The van der Waals surface area contributed by atoms with Crippen molar-refractivity contribution in [2.24, 2.45) is 0 Å². The Morgan fingerprint density at radius 1 is 1.15 bits per heavy atom. The van der Waals surface area contributed by atoms with Gasteiger partial charge in [0.25, 0.3) is 0 Å². The zero-order valence-corrected chi connectivity index (χ0v) is 16.2. The number of sulfonamides is 1. The Bertz CT molecular complexity index is 863. The van der Waals surface area contributed by atoms with Gasteiger partial charge >= 0.3 is 0 Å². The molecule has 1 N–H and O–H groups in total. The molecule has 0 aliphatic rings. The van der Waals surface area contributed by atoms with Gasteiger partial charge in [-0.25, -0.2) is 8.42 Å². The molecule has 0 radical (unpaired) electrons. The summed E-state index contributed by atoms with van der Waals surface area (Å²) in [6.07, 6.45) is 1.08. The van der Waals surface area contributed by atoms with Gasteiger partial charge in [0.15, 0.2) is 0 Å². The molecule has 0 saturated heterocycles. The lowest BCUT2D eigenvalue weighted by atomic mass is 10.2. The van der Waals surface area contributed by atoms with E-state index in [1.165, 1.54) is 0 Å². The highest BCUT2D eigenvalue weighted by Gasteiger charge is 2.29. The number of hydrogen-bond donors (Lipinski definition) is 1. The number of nitrogens with one attached hydrogen (secondary N) is 1. The van der Waals surface area contributed by atoms with Crippen molar-refractivity contribution in [1.82, 2.24) is 0 Å². The molecule has 0 heterocycles. The highest BCUT2D eigenvalue weighted by Crippen LogP contribution is 2.25. The number of carbonyl (C=O) groups excluding carboxylic acids is 1. The third-order valence-corrected chi connectivity index (χ3v) is 5.14. The van der Waals surface area contributed by atoms with Crippen LogP contribution in [-0.2, 0) is 14.8 Å². The van der Waals surface area contributed by atoms with Gasteiger partial charge < -0.3 is 10.1 Å². The van der Waals surface area contributed by atoms with E-state index in [1.54, 1.807) is 37.3 Å². The second-order valence-corrected chi connectivity index (χ2v) is 7.83. The molecule has 0 fully saturated rings. The number of ether oxygens (including phenoxy) is 1. The fraction of sp³-hybridized carbons (Fsp3) is 0.316. The van der Waals surface area contributed by atoms with Gasteiger partial charge in [-0.2, -0.15) is 0 Å². The Morgan fingerprint density at radius 2 is 1.77 bits per heavy atom. The highest BCUT2D eigenvalue weighted by molar-refractivity contribution is 7.92. The number of hydrogen-bond acceptors (Lipinski definition) is 4. The van der Waals surface area contributed by atoms with Crippen LogP contribution in [0.5, 0.6) is 5.75 Å². The summed E-state index contributed by atoms with van der Waals surface area (Å²) >= 11 is 0. The van der Waals surface area contributed by atoms with Crippen molar-refractivity contribution in [3.05, 3.63) is 54.1 Å². The van der Waals surface area contributed by atoms with Crippen molar-refractivity contribution in [1.29, 1.82) is 0 Å². The zero-order chi connectivity index (χ0) is 19.3. The Labute approximate surface area is 154 Å². The van der Waals surface area contributed by atoms with Gasteiger partial charge in [-0.3, -0.25) is 9.10 Å². The number of benzene rings is 2. The van der Waals surface area contributed by atoms with Crippen LogP contribution in [-0.4, -0.2) is 33.2 Å². The van der Waals surface area contributed by atoms with Crippen molar-refractivity contribution in [3.63, 3.8) is 0 Å². The third kappa shape index (κ3) is 4.76. The van der Waals surface area contributed by atoms with Crippen LogP contribution in [0.2, 0.25) is 0 Å². The average molecular weight is 376 g/mol. The number of aryl methyl sites for hydroxylation is 1. The summed E-state index contributed by atoms with van der Waals surface area (Å²) in [4.78, 5) is 12.7. The first-order valence-corrected chi connectivity index (χ1v) is 10.2. The second-order valence-electron chi connectivity index (χ2n) is 5.97. The van der Waals surface area contributed by atoms with Gasteiger partial charge in [-0.1, -0.05) is 18.2 Å². The fourth-order valence-electron chi connectivity index (χ4n) is 2.62. The minimum atomic E-state index is -3.66. The SMILES string of the molecule is CCOc1ccc(N([C@H](C)C(=O)Nc2ccccc2C)S(C)(=O)=O)cc1. The summed E-state index contributed by atoms with van der Waals surface area (Å²) in [6.45, 7) is 5.82. The molecule has 2 aromatic carbocycles. The molecule has 7 heteroatoms. The molecule has 26 heavy (non-hydrogen) atoms. The molecular formula is C19H24N2O4S. The molecule has 140 valence electrons. The van der Waals surface area contributed by atoms with Crippen LogP contribution in [0.1, 0.15) is 19.4 Å². The number of carbonyl (C=O) groups is 1. The lowest BCUT2D eigenvalue weighted by molar-refractivity contribution is -0.116. The van der Waals surface area contributed by atoms with E-state index < -0.39 is 22.0 Å². The number of nitrogens with zero attached hydrogens (tertiary/aromatic N) is 1. The molecule has 1 amide bonds. The standard InChI is InChI=1S/C19H24N2O4S/c1-5-25-17-12-10-16(11-13-17)21(26(4,23)24)15(3)19(22)20-18-9-7-6-8-14(18)2/h6-13,15H,5H2,1-4H3,(H,20,22)/t15-/m1/s1. The number of rotatable bonds is 7. The Kier molecular flexibility index (Phi) is 6.26. The van der Waals surface area contributed by atoms with Gasteiger partial charge in [0.2, 0.25) is 15.9 Å². The molecule has 0 unspecified atom stereocenters. The molecule has 0 aliphatic carbocycles. The maximum atomic E-state index is 12.7. The summed E-state index contributed by atoms with van der Waals surface area (Å²) in [6, 6.07) is 13.1. The topological polar surface area (TPSA) is 75.7 Å². The van der Waals surface area contributed by atoms with E-state index in [2.05, 4.69) is 5.32 Å². The lowest BCUT2D eigenvalue weighted by Crippen LogP contribution is -2.45. The van der Waals surface area contributed by atoms with Crippen LogP contribution in [0.15, 0.2) is 48.5 Å². The molecule has 2 rings (SSSR count). The predicted octanol–water partition coefficient (Wildman–Crippen LogP) is 3.19. The zero-order valence-electron chi connectivity index (χ0n) is 15.4. The summed E-state index contributed by atoms with van der Waals surface area (Å²) in [5, 5.41) is 2.79. The predicted molar refractivity (Wildman–Crippen MR) is 104 cm³/mol. The van der Waals surface area contributed by atoms with E-state index in [1.807, 2.05) is 32.0 Å². The monoisotopic (exact) mass is 376 g/mol. The van der Waals surface area contributed by atoms with E-state index in [0.29, 0.717) is 23.7 Å². The Balaban J connectivity index is 2.28. The molecule has 0 spiro atoms. The number of anilines is 2. The summed E-state index contributed by atoms with van der Waals surface area (Å²) < 4.78 is 31.1. The second kappa shape index (κ2) is 8.23. The van der Waals surface area contributed by atoms with Crippen LogP contribution < -0.4 is 14.4 Å². The van der Waals surface area contributed by atoms with Crippen LogP contribution in [0.25, 0.3) is 0 Å². The molecule has 0 aliphatic heterocycles. The largest absolute Gasteiger partial charge is 0.494 e. The van der Waals surface area contributed by atoms with Crippen LogP contribution >= 0.6 is 0 Å². The molecule has 0 saturated carbocycles. The molecule has 2 aromatic rings. The molecule has 0 aromatic heterocycles. The lowest BCUT2D eigenvalue weighted by Gasteiger charge is -2.28. The fourth-order valence-corrected chi connectivity index (χ4v) is 3.79. The van der Waals surface area contributed by atoms with Gasteiger partial charge in [0, 0.05) is 5.69 Å². The van der Waals surface area contributed by atoms with Crippen molar-refractivity contribution in [3.8, 4) is 5.75 Å². The van der Waals surface area contributed by atoms with Crippen molar-refractivity contribution in [2.45, 2.75) is 26.8 Å². The van der Waals surface area contributed by atoms with Crippen LogP contribution in [0.3, 0.4) is 0 Å². The van der Waals surface area contributed by atoms with E-state index in [0.717, 1.165) is 16.1 Å². The first-order chi connectivity index (χ1) is 12.2. The van der Waals surface area contributed by atoms with Gasteiger partial charge in [-0.15, -0.1) is 0 Å². The van der Waals surface area contributed by atoms with Gasteiger partial charge in [0.05, 0.1) is 18.6 Å². The van der Waals surface area contributed by atoms with E-state index in [9.17, 15) is 13.2 Å². The summed E-state index contributed by atoms with van der Waals surface area (Å²) in [5.41, 5.74) is 1.97. The van der Waals surface area contributed by atoms with E-state index in [4.69, 9.17) is 4.74 Å². The number of amides is 1. The minimum Gasteiger partial charge on any atom is -0.494 e. The van der Waals surface area contributed by atoms with Gasteiger partial charge in [-0.05, 0) is 56.7 Å². The third-order valence-electron chi connectivity index (χ3n) is 3.89. The average Bonchev–Trinajstić information content (AvgIpc) is 2.57. The Hall–Kier alpha value is -2.54. The normalized spacial score (nSPS) is 12.3. The first kappa shape index (κ1) is 19.8. The molecule has 6 nitrogen and oxygen atoms in total. The van der Waals surface area contributed by atoms with Crippen molar-refractivity contribution < 1.29 is 17.9 Å². The molecule has 1 atom stereocenters. The van der Waals surface area contributed by atoms with E-state index in [-0.39, 0.29) is 0 Å². The minimum absolute atomic E-state index is 0.404. The van der Waals surface area contributed by atoms with Crippen LogP contribution in [0.4, 0.5) is 11.4 Å². The smallest absolute Gasteiger partial charge is 0.248 e. The first-order valence-electron chi connectivity index (χ1n) is 8.32. The molecule has 0 bridgehead atoms. The van der Waals surface area contributed by atoms with Crippen LogP contribution in [0, 0.1) is 6.92 Å². The van der Waals surface area contributed by atoms with Gasteiger partial charge in [0.1, 0.15) is 11.8 Å². The van der Waals surface area contributed by atoms with E-state index >= 15 is 0 Å². The van der Waals surface area contributed by atoms with Crippen molar-refractivity contribution in [2.75, 3.05) is 22.5 Å². The quantitative estimate of drug-likeness (QED) is 0.805. The maximum Gasteiger partial charge on any atom is 0.248 e.